The van der Waals surface area contributed by atoms with Gasteiger partial charge >= 0.3 is 6.03 Å². The van der Waals surface area contributed by atoms with Crippen LogP contribution in [-0.4, -0.2) is 85.1 Å². The number of fused-ring (bicyclic) bond motifs is 2. The molecule has 3 aromatic carbocycles. The SMILES string of the molecule is O=C(N[C@H](Cc1c[nH]c2ccccc12)C(=O)N1C[C@@H](CN2CCCC2)Cc2cc(Cl)ccc21)N1CCN(c2ccccc2)CC1. The first kappa shape index (κ1) is 29.7. The van der Waals surface area contributed by atoms with E-state index in [1.807, 2.05) is 70.6 Å². The van der Waals surface area contributed by atoms with E-state index in [1.165, 1.54) is 12.8 Å². The highest BCUT2D eigenvalue weighted by Crippen LogP contribution is 2.34. The van der Waals surface area contributed by atoms with Crippen molar-refractivity contribution >= 4 is 45.8 Å². The molecule has 0 aliphatic carbocycles. The van der Waals surface area contributed by atoms with Gasteiger partial charge in [0.25, 0.3) is 0 Å². The number of rotatable bonds is 7. The van der Waals surface area contributed by atoms with E-state index >= 15 is 0 Å². The Hall–Kier alpha value is -4.01. The number of para-hydroxylation sites is 2. The number of urea groups is 1. The second-order valence-corrected chi connectivity index (χ2v) is 13.1. The number of nitrogens with one attached hydrogen (secondary N) is 2. The fourth-order valence-electron chi connectivity index (χ4n) is 7.33. The number of carbonyl (C=O) groups excluding carboxylic acids is 2. The molecule has 2 fully saturated rings. The van der Waals surface area contributed by atoms with Crippen LogP contribution < -0.4 is 15.1 Å². The first-order chi connectivity index (χ1) is 22.0. The summed E-state index contributed by atoms with van der Waals surface area (Å²) in [4.78, 5) is 40.4. The van der Waals surface area contributed by atoms with Crippen LogP contribution in [0.3, 0.4) is 0 Å². The van der Waals surface area contributed by atoms with Crippen molar-refractivity contribution in [3.63, 3.8) is 0 Å². The summed E-state index contributed by atoms with van der Waals surface area (Å²) in [6.45, 7) is 6.50. The second kappa shape index (κ2) is 13.2. The molecule has 9 heteroatoms. The molecule has 4 aromatic rings. The molecule has 0 saturated carbocycles. The van der Waals surface area contributed by atoms with Crippen molar-refractivity contribution < 1.29 is 9.59 Å². The van der Waals surface area contributed by atoms with Gasteiger partial charge in [0.05, 0.1) is 0 Å². The minimum absolute atomic E-state index is 0.0775. The lowest BCUT2D eigenvalue weighted by molar-refractivity contribution is -0.120. The zero-order valence-electron chi connectivity index (χ0n) is 25.6. The summed E-state index contributed by atoms with van der Waals surface area (Å²) in [7, 11) is 0. The number of hydrogen-bond acceptors (Lipinski definition) is 4. The molecule has 0 radical (unpaired) electrons. The molecule has 4 heterocycles. The van der Waals surface area contributed by atoms with Crippen LogP contribution >= 0.6 is 11.6 Å². The third-order valence-electron chi connectivity index (χ3n) is 9.65. The smallest absolute Gasteiger partial charge is 0.318 e. The number of benzene rings is 3. The van der Waals surface area contributed by atoms with Crippen molar-refractivity contribution in [3.05, 3.63) is 95.1 Å². The number of aromatic amines is 1. The number of halogens is 1. The number of anilines is 2. The van der Waals surface area contributed by atoms with Gasteiger partial charge < -0.3 is 29.9 Å². The summed E-state index contributed by atoms with van der Waals surface area (Å²) in [6, 6.07) is 23.3. The number of H-pyrrole nitrogens is 1. The van der Waals surface area contributed by atoms with Crippen molar-refractivity contribution in [3.8, 4) is 0 Å². The normalized spacial score (nSPS) is 19.5. The van der Waals surface area contributed by atoms with Crippen LogP contribution in [-0.2, 0) is 17.6 Å². The van der Waals surface area contributed by atoms with E-state index in [4.69, 9.17) is 11.6 Å². The monoisotopic (exact) mass is 624 g/mol. The van der Waals surface area contributed by atoms with Crippen molar-refractivity contribution in [1.82, 2.24) is 20.1 Å². The van der Waals surface area contributed by atoms with Crippen LogP contribution in [0.5, 0.6) is 0 Å². The van der Waals surface area contributed by atoms with Crippen molar-refractivity contribution in [2.45, 2.75) is 31.7 Å². The Morgan fingerprint density at radius 1 is 0.911 bits per heavy atom. The van der Waals surface area contributed by atoms with E-state index in [2.05, 4.69) is 38.3 Å². The maximum atomic E-state index is 14.7. The van der Waals surface area contributed by atoms with Crippen LogP contribution in [0.1, 0.15) is 24.0 Å². The molecule has 2 saturated heterocycles. The van der Waals surface area contributed by atoms with Crippen LogP contribution in [0.15, 0.2) is 79.0 Å². The summed E-state index contributed by atoms with van der Waals surface area (Å²) in [5.41, 5.74) is 5.19. The summed E-state index contributed by atoms with van der Waals surface area (Å²) in [5.74, 6) is 0.222. The average Bonchev–Trinajstić information content (AvgIpc) is 3.74. The first-order valence-corrected chi connectivity index (χ1v) is 16.6. The Labute approximate surface area is 269 Å². The summed E-state index contributed by atoms with van der Waals surface area (Å²) in [6.07, 6.45) is 5.72. The molecular weight excluding hydrogens is 584 g/mol. The van der Waals surface area contributed by atoms with Gasteiger partial charge in [0.2, 0.25) is 5.91 Å². The van der Waals surface area contributed by atoms with E-state index in [9.17, 15) is 9.59 Å². The minimum atomic E-state index is -0.724. The Morgan fingerprint density at radius 3 is 2.47 bits per heavy atom. The minimum Gasteiger partial charge on any atom is -0.368 e. The topological polar surface area (TPSA) is 74.9 Å². The number of piperazine rings is 1. The maximum absolute atomic E-state index is 14.7. The lowest BCUT2D eigenvalue weighted by atomic mass is 9.91. The van der Waals surface area contributed by atoms with Crippen LogP contribution in [0, 0.1) is 5.92 Å². The Kier molecular flexibility index (Phi) is 8.68. The van der Waals surface area contributed by atoms with E-state index in [0.717, 1.165) is 72.5 Å². The van der Waals surface area contributed by atoms with Crippen molar-refractivity contribution in [2.75, 3.05) is 62.2 Å². The van der Waals surface area contributed by atoms with Crippen LogP contribution in [0.4, 0.5) is 16.2 Å². The van der Waals surface area contributed by atoms with E-state index in [0.29, 0.717) is 37.0 Å². The Balaban J connectivity index is 1.14. The highest BCUT2D eigenvalue weighted by atomic mass is 35.5. The molecular formula is C36H41ClN6O2. The predicted molar refractivity (Wildman–Crippen MR) is 181 cm³/mol. The lowest BCUT2D eigenvalue weighted by Gasteiger charge is -2.39. The highest BCUT2D eigenvalue weighted by Gasteiger charge is 2.36. The summed E-state index contributed by atoms with van der Waals surface area (Å²) < 4.78 is 0. The molecule has 2 N–H and O–H groups in total. The molecule has 7 rings (SSSR count). The molecule has 3 aliphatic rings. The van der Waals surface area contributed by atoms with Gasteiger partial charge in [-0.05, 0) is 85.8 Å². The number of likely N-dealkylation sites (tertiary alicyclic amines) is 1. The molecule has 2 atom stereocenters. The second-order valence-electron chi connectivity index (χ2n) is 12.7. The van der Waals surface area contributed by atoms with Gasteiger partial charge in [-0.3, -0.25) is 4.79 Å². The largest absolute Gasteiger partial charge is 0.368 e. The van der Waals surface area contributed by atoms with Gasteiger partial charge in [0, 0.05) is 79.2 Å². The molecule has 3 amide bonds. The number of nitrogens with zero attached hydrogens (tertiary/aromatic N) is 4. The zero-order chi connectivity index (χ0) is 30.8. The third kappa shape index (κ3) is 6.53. The zero-order valence-corrected chi connectivity index (χ0v) is 26.4. The van der Waals surface area contributed by atoms with Gasteiger partial charge in [-0.15, -0.1) is 0 Å². The third-order valence-corrected chi connectivity index (χ3v) is 9.88. The highest BCUT2D eigenvalue weighted by molar-refractivity contribution is 6.30. The predicted octanol–water partition coefficient (Wildman–Crippen LogP) is 5.57. The molecule has 1 aromatic heterocycles. The van der Waals surface area contributed by atoms with Crippen LogP contribution in [0.25, 0.3) is 10.9 Å². The summed E-state index contributed by atoms with van der Waals surface area (Å²) in [5, 5.41) is 4.95. The molecule has 234 valence electrons. The fourth-order valence-corrected chi connectivity index (χ4v) is 7.52. The molecule has 0 unspecified atom stereocenters. The molecule has 3 aliphatic heterocycles. The number of hydrogen-bond donors (Lipinski definition) is 2. The molecule has 8 nitrogen and oxygen atoms in total. The lowest BCUT2D eigenvalue weighted by Crippen LogP contribution is -2.58. The molecule has 0 bridgehead atoms. The quantitative estimate of drug-likeness (QED) is 0.282. The van der Waals surface area contributed by atoms with E-state index < -0.39 is 6.04 Å². The van der Waals surface area contributed by atoms with E-state index in [-0.39, 0.29) is 11.9 Å². The number of amides is 3. The Bertz CT molecular complexity index is 1640. The number of aromatic nitrogens is 1. The van der Waals surface area contributed by atoms with Gasteiger partial charge in [-0.1, -0.05) is 48.0 Å². The summed E-state index contributed by atoms with van der Waals surface area (Å²) >= 11 is 6.46. The Morgan fingerprint density at radius 2 is 1.67 bits per heavy atom. The van der Waals surface area contributed by atoms with Gasteiger partial charge in [0.15, 0.2) is 0 Å². The molecule has 0 spiro atoms. The fraction of sp³-hybridized carbons (Fsp3) is 0.389. The van der Waals surface area contributed by atoms with Crippen molar-refractivity contribution in [1.29, 1.82) is 0 Å². The van der Waals surface area contributed by atoms with Gasteiger partial charge in [-0.2, -0.15) is 0 Å². The average molecular weight is 625 g/mol. The molecule has 45 heavy (non-hydrogen) atoms. The maximum Gasteiger partial charge on any atom is 0.318 e. The van der Waals surface area contributed by atoms with Gasteiger partial charge in [0.1, 0.15) is 6.04 Å². The van der Waals surface area contributed by atoms with Gasteiger partial charge in [-0.25, -0.2) is 4.79 Å². The van der Waals surface area contributed by atoms with E-state index in [1.54, 1.807) is 0 Å². The van der Waals surface area contributed by atoms with Crippen molar-refractivity contribution in [2.24, 2.45) is 5.92 Å². The number of carbonyl (C=O) groups is 2. The van der Waals surface area contributed by atoms with Crippen LogP contribution in [0.2, 0.25) is 5.02 Å². The standard InChI is InChI=1S/C36H41ClN6O2/c37-29-12-13-34-27(21-29)20-26(24-40-14-6-7-15-40)25-43(34)35(44)33(22-28-23-38-32-11-5-4-10-31(28)32)39-36(45)42-18-16-41(17-19-42)30-8-2-1-3-9-30/h1-5,8-13,21,23,26,33,38H,6-7,14-20,22,24-25H2,(H,39,45)/t26-,33-/m1/s1. The first-order valence-electron chi connectivity index (χ1n) is 16.2.